The van der Waals surface area contributed by atoms with Crippen molar-refractivity contribution in [1.82, 2.24) is 5.32 Å². The summed E-state index contributed by atoms with van der Waals surface area (Å²) in [4.78, 5) is 28.7. The smallest absolute Gasteiger partial charge is 0.270 e. The standard InChI is InChI=1S/C22H20FN3O2S/c1-14-5-4-6-16(11-14)26-21(28)17(20(27)24-22(26)29)12-15-7-8-19(18(23)13-15)25-9-2-3-10-25/h4-8,11-13H,2-3,9-10H2,1H3,(H,24,27,29)/b17-12+. The van der Waals surface area contributed by atoms with E-state index in [0.717, 1.165) is 31.5 Å². The van der Waals surface area contributed by atoms with E-state index in [1.54, 1.807) is 18.2 Å². The van der Waals surface area contributed by atoms with Crippen LogP contribution in [0.25, 0.3) is 6.08 Å². The van der Waals surface area contributed by atoms with Gasteiger partial charge in [0.15, 0.2) is 5.11 Å². The van der Waals surface area contributed by atoms with Gasteiger partial charge in [-0.25, -0.2) is 4.39 Å². The fourth-order valence-corrected chi connectivity index (χ4v) is 3.93. The van der Waals surface area contributed by atoms with Crippen molar-refractivity contribution in [2.45, 2.75) is 19.8 Å². The molecule has 0 aromatic heterocycles. The van der Waals surface area contributed by atoms with Crippen LogP contribution in [-0.4, -0.2) is 30.0 Å². The summed E-state index contributed by atoms with van der Waals surface area (Å²) in [6.45, 7) is 3.57. The Hall–Kier alpha value is -3.06. The molecule has 2 amide bonds. The number of rotatable bonds is 3. The molecule has 2 fully saturated rings. The van der Waals surface area contributed by atoms with Gasteiger partial charge in [-0.15, -0.1) is 0 Å². The average Bonchev–Trinajstić information content (AvgIpc) is 3.19. The predicted octanol–water partition coefficient (Wildman–Crippen LogP) is 3.57. The Morgan fingerprint density at radius 2 is 1.86 bits per heavy atom. The summed E-state index contributed by atoms with van der Waals surface area (Å²) in [7, 11) is 0. The number of carbonyl (C=O) groups is 2. The lowest BCUT2D eigenvalue weighted by atomic mass is 10.1. The van der Waals surface area contributed by atoms with Crippen molar-refractivity contribution >= 4 is 46.6 Å². The largest absolute Gasteiger partial charge is 0.369 e. The van der Waals surface area contributed by atoms with Crippen molar-refractivity contribution in [1.29, 1.82) is 0 Å². The molecule has 7 heteroatoms. The highest BCUT2D eigenvalue weighted by atomic mass is 32.1. The molecule has 2 saturated heterocycles. The molecule has 0 bridgehead atoms. The third-order valence-corrected chi connectivity index (χ3v) is 5.38. The minimum atomic E-state index is -0.590. The minimum Gasteiger partial charge on any atom is -0.369 e. The lowest BCUT2D eigenvalue weighted by Crippen LogP contribution is -2.54. The molecule has 5 nitrogen and oxygen atoms in total. The number of nitrogens with one attached hydrogen (secondary N) is 1. The Kier molecular flexibility index (Phi) is 5.15. The molecular weight excluding hydrogens is 389 g/mol. The first-order valence-electron chi connectivity index (χ1n) is 9.46. The summed E-state index contributed by atoms with van der Waals surface area (Å²) in [5, 5.41) is 2.57. The van der Waals surface area contributed by atoms with Gasteiger partial charge in [0.25, 0.3) is 11.8 Å². The second-order valence-electron chi connectivity index (χ2n) is 7.20. The van der Waals surface area contributed by atoms with Gasteiger partial charge in [0.1, 0.15) is 11.4 Å². The Bertz CT molecular complexity index is 1040. The number of halogens is 1. The number of benzene rings is 2. The number of hydrogen-bond acceptors (Lipinski definition) is 4. The molecule has 0 unspecified atom stereocenters. The molecule has 2 heterocycles. The summed E-state index contributed by atoms with van der Waals surface area (Å²) >= 11 is 5.20. The first-order chi connectivity index (χ1) is 13.9. The third-order valence-electron chi connectivity index (χ3n) is 5.09. The lowest BCUT2D eigenvalue weighted by Gasteiger charge is -2.29. The van der Waals surface area contributed by atoms with E-state index in [1.807, 2.05) is 30.0 Å². The van der Waals surface area contributed by atoms with Gasteiger partial charge in [0, 0.05) is 13.1 Å². The van der Waals surface area contributed by atoms with Crippen LogP contribution in [0.2, 0.25) is 0 Å². The van der Waals surface area contributed by atoms with Crippen molar-refractivity contribution in [2.24, 2.45) is 0 Å². The lowest BCUT2D eigenvalue weighted by molar-refractivity contribution is -0.122. The maximum absolute atomic E-state index is 14.6. The number of anilines is 2. The number of nitrogens with zero attached hydrogens (tertiary/aromatic N) is 2. The number of amides is 2. The summed E-state index contributed by atoms with van der Waals surface area (Å²) in [6, 6.07) is 12.0. The molecule has 1 N–H and O–H groups in total. The Balaban J connectivity index is 1.67. The Labute approximate surface area is 173 Å². The molecule has 0 atom stereocenters. The third kappa shape index (κ3) is 3.78. The van der Waals surface area contributed by atoms with Crippen LogP contribution in [0.5, 0.6) is 0 Å². The van der Waals surface area contributed by atoms with Crippen LogP contribution in [0.3, 0.4) is 0 Å². The molecule has 0 saturated carbocycles. The molecule has 4 rings (SSSR count). The normalized spacial score (nSPS) is 18.6. The molecule has 0 aliphatic carbocycles. The monoisotopic (exact) mass is 409 g/mol. The van der Waals surface area contributed by atoms with Gasteiger partial charge in [-0.2, -0.15) is 0 Å². The van der Waals surface area contributed by atoms with Crippen LogP contribution >= 0.6 is 12.2 Å². The van der Waals surface area contributed by atoms with Crippen LogP contribution in [0.15, 0.2) is 48.0 Å². The molecular formula is C22H20FN3O2S. The molecule has 2 aliphatic rings. The van der Waals surface area contributed by atoms with E-state index >= 15 is 0 Å². The van der Waals surface area contributed by atoms with E-state index in [9.17, 15) is 14.0 Å². The maximum atomic E-state index is 14.6. The van der Waals surface area contributed by atoms with Crippen molar-refractivity contribution < 1.29 is 14.0 Å². The first-order valence-corrected chi connectivity index (χ1v) is 9.87. The zero-order chi connectivity index (χ0) is 20.5. The van der Waals surface area contributed by atoms with E-state index in [4.69, 9.17) is 12.2 Å². The van der Waals surface area contributed by atoms with Crippen LogP contribution in [0.4, 0.5) is 15.8 Å². The van der Waals surface area contributed by atoms with E-state index in [1.165, 1.54) is 17.0 Å². The Morgan fingerprint density at radius 1 is 1.10 bits per heavy atom. The van der Waals surface area contributed by atoms with Gasteiger partial charge in [-0.1, -0.05) is 18.2 Å². The second-order valence-corrected chi connectivity index (χ2v) is 7.59. The number of carbonyl (C=O) groups excluding carboxylic acids is 2. The van der Waals surface area contributed by atoms with Gasteiger partial charge >= 0.3 is 0 Å². The minimum absolute atomic E-state index is 0.0262. The van der Waals surface area contributed by atoms with Gasteiger partial charge < -0.3 is 4.90 Å². The van der Waals surface area contributed by atoms with Crippen molar-refractivity contribution in [3.8, 4) is 0 Å². The van der Waals surface area contributed by atoms with E-state index in [0.29, 0.717) is 16.9 Å². The average molecular weight is 409 g/mol. The zero-order valence-corrected chi connectivity index (χ0v) is 16.8. The van der Waals surface area contributed by atoms with E-state index in [2.05, 4.69) is 5.32 Å². The highest BCUT2D eigenvalue weighted by molar-refractivity contribution is 7.80. The fourth-order valence-electron chi connectivity index (χ4n) is 3.65. The SMILES string of the molecule is Cc1cccc(N2C(=O)/C(=C/c3ccc(N4CCCC4)c(F)c3)C(=O)NC2=S)c1. The zero-order valence-electron chi connectivity index (χ0n) is 15.9. The van der Waals surface area contributed by atoms with Crippen LogP contribution < -0.4 is 15.1 Å². The van der Waals surface area contributed by atoms with Gasteiger partial charge in [-0.3, -0.25) is 19.8 Å². The Morgan fingerprint density at radius 3 is 2.55 bits per heavy atom. The van der Waals surface area contributed by atoms with Crippen molar-refractivity contribution in [2.75, 3.05) is 22.9 Å². The second kappa shape index (κ2) is 7.75. The maximum Gasteiger partial charge on any atom is 0.270 e. The molecule has 2 aliphatic heterocycles. The summed E-state index contributed by atoms with van der Waals surface area (Å²) in [5.41, 5.74) is 2.43. The fraction of sp³-hybridized carbons (Fsp3) is 0.227. The van der Waals surface area contributed by atoms with Crippen LogP contribution in [0, 0.1) is 12.7 Å². The van der Waals surface area contributed by atoms with E-state index < -0.39 is 11.8 Å². The van der Waals surface area contributed by atoms with Crippen molar-refractivity contribution in [3.05, 3.63) is 65.0 Å². The molecule has 29 heavy (non-hydrogen) atoms. The molecule has 0 radical (unpaired) electrons. The van der Waals surface area contributed by atoms with Crippen LogP contribution in [0.1, 0.15) is 24.0 Å². The van der Waals surface area contributed by atoms with E-state index in [-0.39, 0.29) is 16.5 Å². The highest BCUT2D eigenvalue weighted by Crippen LogP contribution is 2.27. The number of aryl methyl sites for hydroxylation is 1. The van der Waals surface area contributed by atoms with Crippen LogP contribution in [-0.2, 0) is 9.59 Å². The summed E-state index contributed by atoms with van der Waals surface area (Å²) in [5.74, 6) is -1.49. The topological polar surface area (TPSA) is 52.7 Å². The quantitative estimate of drug-likeness (QED) is 0.478. The predicted molar refractivity (Wildman–Crippen MR) is 115 cm³/mol. The van der Waals surface area contributed by atoms with Gasteiger partial charge in [0.05, 0.1) is 11.4 Å². The van der Waals surface area contributed by atoms with Gasteiger partial charge in [0.2, 0.25) is 0 Å². The van der Waals surface area contributed by atoms with Gasteiger partial charge in [-0.05, 0) is 73.5 Å². The molecule has 148 valence electrons. The number of thiocarbonyl (C=S) groups is 1. The molecule has 2 aromatic rings. The highest BCUT2D eigenvalue weighted by Gasteiger charge is 2.34. The number of hydrogen-bond donors (Lipinski definition) is 1. The van der Waals surface area contributed by atoms with Crippen molar-refractivity contribution in [3.63, 3.8) is 0 Å². The summed E-state index contributed by atoms with van der Waals surface area (Å²) in [6.07, 6.45) is 3.50. The molecule has 0 spiro atoms. The summed E-state index contributed by atoms with van der Waals surface area (Å²) < 4.78 is 14.6. The first kappa shape index (κ1) is 19.3. The molecule has 2 aromatic carbocycles.